The number of halogens is 2. The lowest BCUT2D eigenvalue weighted by atomic mass is 10.1. The molecule has 2 nitrogen and oxygen atoms in total. The minimum absolute atomic E-state index is 0.209. The second-order valence-corrected chi connectivity index (χ2v) is 2.20. The molecule has 0 aromatic heterocycles. The van der Waals surface area contributed by atoms with E-state index in [4.69, 9.17) is 10.4 Å². The number of nitrogens with zero attached hydrogens (tertiary/aromatic N) is 1. The fraction of sp³-hybridized carbons (Fsp3) is 0.125. The van der Waals surface area contributed by atoms with Gasteiger partial charge in [-0.1, -0.05) is 0 Å². The SMILES string of the molecule is N#CC(O)c1ccc(F)cc1F. The van der Waals surface area contributed by atoms with Gasteiger partial charge in [-0.25, -0.2) is 8.78 Å². The molecule has 1 aromatic carbocycles. The second-order valence-electron chi connectivity index (χ2n) is 2.20. The van der Waals surface area contributed by atoms with Crippen molar-refractivity contribution in [1.29, 1.82) is 5.26 Å². The summed E-state index contributed by atoms with van der Waals surface area (Å²) in [4.78, 5) is 0. The van der Waals surface area contributed by atoms with E-state index in [1.54, 1.807) is 0 Å². The smallest absolute Gasteiger partial charge is 0.168 e. The first-order chi connectivity index (χ1) is 5.65. The number of nitriles is 1. The highest BCUT2D eigenvalue weighted by Gasteiger charge is 2.11. The van der Waals surface area contributed by atoms with E-state index in [0.29, 0.717) is 6.07 Å². The summed E-state index contributed by atoms with van der Waals surface area (Å²) in [6.07, 6.45) is -1.54. The Labute approximate surface area is 67.7 Å². The van der Waals surface area contributed by atoms with E-state index in [1.165, 1.54) is 6.07 Å². The van der Waals surface area contributed by atoms with Crippen LogP contribution in [0.1, 0.15) is 11.7 Å². The number of aliphatic hydroxyl groups is 1. The topological polar surface area (TPSA) is 44.0 Å². The molecule has 1 aromatic rings. The Morgan fingerprint density at radius 2 is 2.08 bits per heavy atom. The van der Waals surface area contributed by atoms with Crippen LogP contribution in [0.2, 0.25) is 0 Å². The Morgan fingerprint density at radius 3 is 2.58 bits per heavy atom. The van der Waals surface area contributed by atoms with Crippen LogP contribution in [0.15, 0.2) is 18.2 Å². The zero-order valence-corrected chi connectivity index (χ0v) is 5.96. The molecule has 0 spiro atoms. The molecule has 0 heterocycles. The maximum absolute atomic E-state index is 12.7. The summed E-state index contributed by atoms with van der Waals surface area (Å²) < 4.78 is 25.0. The van der Waals surface area contributed by atoms with Gasteiger partial charge >= 0.3 is 0 Å². The predicted octanol–water partition coefficient (Wildman–Crippen LogP) is 1.52. The molecule has 4 heteroatoms. The lowest BCUT2D eigenvalue weighted by Crippen LogP contribution is -1.97. The van der Waals surface area contributed by atoms with Gasteiger partial charge in [-0.05, 0) is 12.1 Å². The fourth-order valence-electron chi connectivity index (χ4n) is 0.793. The van der Waals surface area contributed by atoms with Crippen LogP contribution in [-0.2, 0) is 0 Å². The van der Waals surface area contributed by atoms with Crippen molar-refractivity contribution < 1.29 is 13.9 Å². The minimum atomic E-state index is -1.54. The maximum atomic E-state index is 12.7. The normalized spacial score (nSPS) is 12.2. The van der Waals surface area contributed by atoms with E-state index in [1.807, 2.05) is 0 Å². The zero-order chi connectivity index (χ0) is 9.14. The van der Waals surface area contributed by atoms with E-state index in [2.05, 4.69) is 0 Å². The third-order valence-electron chi connectivity index (χ3n) is 1.38. The number of benzene rings is 1. The molecule has 1 unspecified atom stereocenters. The number of hydrogen-bond donors (Lipinski definition) is 1. The molecule has 0 aliphatic heterocycles. The Kier molecular flexibility index (Phi) is 2.36. The average molecular weight is 169 g/mol. The highest BCUT2D eigenvalue weighted by molar-refractivity contribution is 5.24. The van der Waals surface area contributed by atoms with E-state index >= 15 is 0 Å². The standard InChI is InChI=1S/C8H5F2NO/c9-5-1-2-6(7(10)3-5)8(12)4-11/h1-3,8,12H. The van der Waals surface area contributed by atoms with E-state index in [9.17, 15) is 8.78 Å². The van der Waals surface area contributed by atoms with Gasteiger partial charge in [0.05, 0.1) is 6.07 Å². The Bertz CT molecular complexity index is 332. The molecule has 0 bridgehead atoms. The second kappa shape index (κ2) is 3.28. The van der Waals surface area contributed by atoms with Gasteiger partial charge in [0.15, 0.2) is 6.10 Å². The van der Waals surface area contributed by atoms with Crippen molar-refractivity contribution in [3.63, 3.8) is 0 Å². The molecule has 0 amide bonds. The van der Waals surface area contributed by atoms with Crippen LogP contribution < -0.4 is 0 Å². The van der Waals surface area contributed by atoms with Crippen LogP contribution in [0.25, 0.3) is 0 Å². The predicted molar refractivity (Wildman–Crippen MR) is 36.9 cm³/mol. The summed E-state index contributed by atoms with van der Waals surface area (Å²) in [6.45, 7) is 0. The van der Waals surface area contributed by atoms with Crippen molar-refractivity contribution in [3.05, 3.63) is 35.4 Å². The first-order valence-corrected chi connectivity index (χ1v) is 3.18. The minimum Gasteiger partial charge on any atom is -0.374 e. The summed E-state index contributed by atoms with van der Waals surface area (Å²) >= 11 is 0. The van der Waals surface area contributed by atoms with Gasteiger partial charge < -0.3 is 5.11 Å². The van der Waals surface area contributed by atoms with Crippen LogP contribution in [-0.4, -0.2) is 5.11 Å². The van der Waals surface area contributed by atoms with Crippen LogP contribution in [0.4, 0.5) is 8.78 Å². The Hall–Kier alpha value is -1.47. The molecule has 1 rings (SSSR count). The zero-order valence-electron chi connectivity index (χ0n) is 5.96. The van der Waals surface area contributed by atoms with Crippen molar-refractivity contribution in [3.8, 4) is 6.07 Å². The van der Waals surface area contributed by atoms with Gasteiger partial charge in [0.25, 0.3) is 0 Å². The molecule has 0 aliphatic carbocycles. The number of aliphatic hydroxyl groups excluding tert-OH is 1. The van der Waals surface area contributed by atoms with Gasteiger partial charge in [-0.2, -0.15) is 5.26 Å². The third kappa shape index (κ3) is 1.57. The summed E-state index contributed by atoms with van der Waals surface area (Å²) in [7, 11) is 0. The van der Waals surface area contributed by atoms with Crippen molar-refractivity contribution in [2.24, 2.45) is 0 Å². The van der Waals surface area contributed by atoms with Crippen molar-refractivity contribution in [2.75, 3.05) is 0 Å². The highest BCUT2D eigenvalue weighted by Crippen LogP contribution is 2.16. The molecule has 1 N–H and O–H groups in total. The van der Waals surface area contributed by atoms with Crippen molar-refractivity contribution >= 4 is 0 Å². The summed E-state index contributed by atoms with van der Waals surface area (Å²) in [5.41, 5.74) is -0.209. The molecule has 0 fully saturated rings. The van der Waals surface area contributed by atoms with Crippen LogP contribution in [0, 0.1) is 23.0 Å². The van der Waals surface area contributed by atoms with Crippen molar-refractivity contribution in [2.45, 2.75) is 6.10 Å². The molecule has 0 radical (unpaired) electrons. The number of hydrogen-bond acceptors (Lipinski definition) is 2. The molecule has 1 atom stereocenters. The summed E-state index contributed by atoms with van der Waals surface area (Å²) in [6, 6.07) is 4.08. The molecule has 62 valence electrons. The fourth-order valence-corrected chi connectivity index (χ4v) is 0.793. The first-order valence-electron chi connectivity index (χ1n) is 3.18. The molecule has 0 saturated carbocycles. The largest absolute Gasteiger partial charge is 0.374 e. The summed E-state index contributed by atoms with van der Waals surface area (Å²) in [5.74, 6) is -1.65. The summed E-state index contributed by atoms with van der Waals surface area (Å²) in [5, 5.41) is 17.1. The maximum Gasteiger partial charge on any atom is 0.168 e. The first kappa shape index (κ1) is 8.62. The monoisotopic (exact) mass is 169 g/mol. The quantitative estimate of drug-likeness (QED) is 0.647. The van der Waals surface area contributed by atoms with Gasteiger partial charge in [-0.15, -0.1) is 0 Å². The molecule has 0 saturated heterocycles. The van der Waals surface area contributed by atoms with E-state index in [-0.39, 0.29) is 5.56 Å². The number of rotatable bonds is 1. The Morgan fingerprint density at radius 1 is 1.42 bits per heavy atom. The molecular formula is C8H5F2NO. The Balaban J connectivity index is 3.11. The molecule has 0 aliphatic rings. The lowest BCUT2D eigenvalue weighted by molar-refractivity contribution is 0.230. The lowest BCUT2D eigenvalue weighted by Gasteiger charge is -2.02. The third-order valence-corrected chi connectivity index (χ3v) is 1.38. The van der Waals surface area contributed by atoms with Crippen LogP contribution >= 0.6 is 0 Å². The van der Waals surface area contributed by atoms with Gasteiger partial charge in [0.1, 0.15) is 11.6 Å². The van der Waals surface area contributed by atoms with Gasteiger partial charge in [0.2, 0.25) is 0 Å². The van der Waals surface area contributed by atoms with Crippen LogP contribution in [0.3, 0.4) is 0 Å². The molecular weight excluding hydrogens is 164 g/mol. The van der Waals surface area contributed by atoms with Crippen LogP contribution in [0.5, 0.6) is 0 Å². The van der Waals surface area contributed by atoms with Gasteiger partial charge in [0, 0.05) is 11.6 Å². The van der Waals surface area contributed by atoms with E-state index < -0.39 is 17.7 Å². The average Bonchev–Trinajstić information content (AvgIpc) is 2.03. The van der Waals surface area contributed by atoms with E-state index in [0.717, 1.165) is 12.1 Å². The molecule has 12 heavy (non-hydrogen) atoms. The van der Waals surface area contributed by atoms with Gasteiger partial charge in [-0.3, -0.25) is 0 Å². The highest BCUT2D eigenvalue weighted by atomic mass is 19.1. The van der Waals surface area contributed by atoms with Crippen molar-refractivity contribution in [1.82, 2.24) is 0 Å².